The second kappa shape index (κ2) is 7.27. The van der Waals surface area contributed by atoms with Crippen LogP contribution >= 0.6 is 12.2 Å². The molecule has 0 aliphatic heterocycles. The topological polar surface area (TPSA) is 64.4 Å². The highest BCUT2D eigenvalue weighted by Gasteiger charge is 2.13. The molecule has 2 aromatic carbocycles. The number of nitrogens with zero attached hydrogens (tertiary/aromatic N) is 3. The van der Waals surface area contributed by atoms with Gasteiger partial charge in [0.15, 0.2) is 17.3 Å². The summed E-state index contributed by atoms with van der Waals surface area (Å²) in [5, 5.41) is 11.0. The van der Waals surface area contributed by atoms with Gasteiger partial charge >= 0.3 is 0 Å². The number of nitrogens with one attached hydrogen (secondary N) is 1. The molecule has 0 aliphatic carbocycles. The van der Waals surface area contributed by atoms with Crippen molar-refractivity contribution in [1.82, 2.24) is 14.9 Å². The molecule has 8 heteroatoms. The second-order valence-electron chi connectivity index (χ2n) is 4.97. The molecular weight excluding hydrogens is 343 g/mol. The maximum atomic E-state index is 14.1. The zero-order valence-corrected chi connectivity index (χ0v) is 14.4. The predicted octanol–water partition coefficient (Wildman–Crippen LogP) is 3.65. The molecule has 25 heavy (non-hydrogen) atoms. The molecule has 1 N–H and O–H groups in total. The van der Waals surface area contributed by atoms with Crippen LogP contribution in [0.4, 0.5) is 4.39 Å². The summed E-state index contributed by atoms with van der Waals surface area (Å²) in [6.45, 7) is 0. The van der Waals surface area contributed by atoms with E-state index < -0.39 is 5.82 Å². The van der Waals surface area contributed by atoms with Crippen LogP contribution in [0.1, 0.15) is 5.56 Å². The van der Waals surface area contributed by atoms with E-state index in [0.717, 1.165) is 0 Å². The van der Waals surface area contributed by atoms with Crippen molar-refractivity contribution in [1.29, 1.82) is 0 Å². The molecule has 3 aromatic rings. The molecule has 128 valence electrons. The van der Waals surface area contributed by atoms with E-state index >= 15 is 0 Å². The van der Waals surface area contributed by atoms with Gasteiger partial charge in [-0.15, -0.1) is 0 Å². The van der Waals surface area contributed by atoms with Gasteiger partial charge in [0.25, 0.3) is 0 Å². The van der Waals surface area contributed by atoms with Gasteiger partial charge in [0.05, 0.1) is 26.0 Å². The molecule has 6 nitrogen and oxygen atoms in total. The first-order chi connectivity index (χ1) is 12.2. The molecule has 0 fully saturated rings. The average Bonchev–Trinajstić information content (AvgIpc) is 3.00. The van der Waals surface area contributed by atoms with Crippen molar-refractivity contribution in [2.24, 2.45) is 5.10 Å². The summed E-state index contributed by atoms with van der Waals surface area (Å²) in [6, 6.07) is 11.7. The highest BCUT2D eigenvalue weighted by atomic mass is 32.1. The summed E-state index contributed by atoms with van der Waals surface area (Å²) < 4.78 is 26.3. The van der Waals surface area contributed by atoms with E-state index in [1.165, 1.54) is 10.7 Å². The Morgan fingerprint density at radius 3 is 2.68 bits per heavy atom. The number of rotatable bonds is 5. The van der Waals surface area contributed by atoms with Crippen molar-refractivity contribution in [3.05, 3.63) is 58.6 Å². The third kappa shape index (κ3) is 3.29. The number of hydrogen-bond donors (Lipinski definition) is 1. The number of hydrogen-bond acceptors (Lipinski definition) is 5. The normalized spacial score (nSPS) is 11.0. The average molecular weight is 358 g/mol. The second-order valence-corrected chi connectivity index (χ2v) is 5.36. The minimum absolute atomic E-state index is 0.247. The quantitative estimate of drug-likeness (QED) is 0.559. The third-order valence-corrected chi connectivity index (χ3v) is 3.78. The first-order valence-electron chi connectivity index (χ1n) is 7.33. The van der Waals surface area contributed by atoms with Gasteiger partial charge in [0.1, 0.15) is 5.82 Å². The Hall–Kier alpha value is -3.00. The van der Waals surface area contributed by atoms with Gasteiger partial charge < -0.3 is 9.47 Å². The van der Waals surface area contributed by atoms with Gasteiger partial charge in [-0.05, 0) is 36.5 Å². The highest BCUT2D eigenvalue weighted by Crippen LogP contribution is 2.29. The SMILES string of the molecule is COc1cccc(/C=N/n2c(-c3ccccc3F)n[nH]c2=S)c1OC. The Morgan fingerprint density at radius 1 is 1.16 bits per heavy atom. The van der Waals surface area contributed by atoms with Crippen LogP contribution in [0.25, 0.3) is 11.4 Å². The lowest BCUT2D eigenvalue weighted by Crippen LogP contribution is -1.99. The zero-order valence-electron chi connectivity index (χ0n) is 13.6. The van der Waals surface area contributed by atoms with Crippen LogP contribution < -0.4 is 9.47 Å². The Morgan fingerprint density at radius 2 is 1.96 bits per heavy atom. The van der Waals surface area contributed by atoms with Crippen LogP contribution in [0.3, 0.4) is 0 Å². The lowest BCUT2D eigenvalue weighted by molar-refractivity contribution is 0.354. The summed E-state index contributed by atoms with van der Waals surface area (Å²) in [6.07, 6.45) is 1.55. The van der Waals surface area contributed by atoms with Crippen molar-refractivity contribution < 1.29 is 13.9 Å². The number of ether oxygens (including phenoxy) is 2. The number of aromatic amines is 1. The van der Waals surface area contributed by atoms with Gasteiger partial charge in [0, 0.05) is 5.56 Å². The number of H-pyrrole nitrogens is 1. The molecule has 3 rings (SSSR count). The number of halogens is 1. The number of aromatic nitrogens is 3. The van der Waals surface area contributed by atoms with E-state index in [-0.39, 0.29) is 10.6 Å². The first-order valence-corrected chi connectivity index (χ1v) is 7.74. The molecule has 1 aromatic heterocycles. The van der Waals surface area contributed by atoms with Gasteiger partial charge in [-0.1, -0.05) is 18.2 Å². The fourth-order valence-electron chi connectivity index (χ4n) is 2.35. The van der Waals surface area contributed by atoms with Crippen LogP contribution in [0.2, 0.25) is 0 Å². The van der Waals surface area contributed by atoms with Gasteiger partial charge in [-0.25, -0.2) is 9.49 Å². The van der Waals surface area contributed by atoms with E-state index in [1.54, 1.807) is 44.7 Å². The molecule has 0 unspecified atom stereocenters. The fraction of sp³-hybridized carbons (Fsp3) is 0.118. The first kappa shape index (κ1) is 16.8. The summed E-state index contributed by atoms with van der Waals surface area (Å²) in [5.74, 6) is 0.987. The number of methoxy groups -OCH3 is 2. The van der Waals surface area contributed by atoms with Crippen LogP contribution in [-0.4, -0.2) is 35.3 Å². The van der Waals surface area contributed by atoms with Crippen LogP contribution in [0.5, 0.6) is 11.5 Å². The van der Waals surface area contributed by atoms with Gasteiger partial charge in [-0.3, -0.25) is 0 Å². The largest absolute Gasteiger partial charge is 0.493 e. The van der Waals surface area contributed by atoms with Crippen LogP contribution in [0, 0.1) is 10.6 Å². The van der Waals surface area contributed by atoms with E-state index in [2.05, 4.69) is 15.3 Å². The summed E-state index contributed by atoms with van der Waals surface area (Å²) in [4.78, 5) is 0. The van der Waals surface area contributed by atoms with E-state index in [1.807, 2.05) is 12.1 Å². The Balaban J connectivity index is 2.06. The Labute approximate surface area is 148 Å². The maximum absolute atomic E-state index is 14.1. The van der Waals surface area contributed by atoms with Crippen molar-refractivity contribution >= 4 is 18.4 Å². The molecule has 0 saturated carbocycles. The summed E-state index contributed by atoms with van der Waals surface area (Å²) in [5.41, 5.74) is 0.981. The van der Waals surface area contributed by atoms with Crippen molar-refractivity contribution in [2.75, 3.05) is 14.2 Å². The molecule has 1 heterocycles. The molecule has 0 radical (unpaired) electrons. The van der Waals surface area contributed by atoms with Crippen LogP contribution in [-0.2, 0) is 0 Å². The Kier molecular flexibility index (Phi) is 4.90. The summed E-state index contributed by atoms with van der Waals surface area (Å²) >= 11 is 5.19. The third-order valence-electron chi connectivity index (χ3n) is 3.51. The van der Waals surface area contributed by atoms with Gasteiger partial charge in [-0.2, -0.15) is 14.9 Å². The minimum atomic E-state index is -0.410. The molecule has 0 amide bonds. The lowest BCUT2D eigenvalue weighted by Gasteiger charge is -2.09. The summed E-state index contributed by atoms with van der Waals surface area (Å²) in [7, 11) is 3.10. The smallest absolute Gasteiger partial charge is 0.216 e. The molecule has 0 bridgehead atoms. The minimum Gasteiger partial charge on any atom is -0.493 e. The van der Waals surface area contributed by atoms with Crippen molar-refractivity contribution in [3.8, 4) is 22.9 Å². The van der Waals surface area contributed by atoms with Crippen molar-refractivity contribution in [3.63, 3.8) is 0 Å². The molecular formula is C17H15FN4O2S. The van der Waals surface area contributed by atoms with Gasteiger partial charge in [0.2, 0.25) is 4.77 Å². The van der Waals surface area contributed by atoms with E-state index in [4.69, 9.17) is 21.7 Å². The van der Waals surface area contributed by atoms with E-state index in [9.17, 15) is 4.39 Å². The van der Waals surface area contributed by atoms with Crippen molar-refractivity contribution in [2.45, 2.75) is 0 Å². The molecule has 0 spiro atoms. The standard InChI is InChI=1S/C17H15FN4O2S/c1-23-14-9-5-6-11(15(14)24-2)10-19-22-16(20-21-17(22)25)12-7-3-4-8-13(12)18/h3-10H,1-2H3,(H,21,25)/b19-10+. The number of benzene rings is 2. The predicted molar refractivity (Wildman–Crippen MR) is 95.3 cm³/mol. The Bertz CT molecular complexity index is 981. The lowest BCUT2D eigenvalue weighted by atomic mass is 10.2. The maximum Gasteiger partial charge on any atom is 0.216 e. The molecule has 0 saturated heterocycles. The van der Waals surface area contributed by atoms with Crippen LogP contribution in [0.15, 0.2) is 47.6 Å². The monoisotopic (exact) mass is 358 g/mol. The molecule has 0 aliphatic rings. The zero-order chi connectivity index (χ0) is 17.8. The van der Waals surface area contributed by atoms with E-state index in [0.29, 0.717) is 22.6 Å². The number of para-hydroxylation sites is 1. The fourth-order valence-corrected chi connectivity index (χ4v) is 2.53. The highest BCUT2D eigenvalue weighted by molar-refractivity contribution is 7.71. The molecule has 0 atom stereocenters.